The lowest BCUT2D eigenvalue weighted by Crippen LogP contribution is -2.17. The molecule has 88 valence electrons. The number of rotatable bonds is 3. The number of carbonyl (C=O) groups is 1. The van der Waals surface area contributed by atoms with Gasteiger partial charge in [-0.25, -0.2) is 4.98 Å². The molecular formula is C12H17NO3. The van der Waals surface area contributed by atoms with Crippen LogP contribution in [0.5, 0.6) is 0 Å². The molecule has 1 aromatic heterocycles. The van der Waals surface area contributed by atoms with Gasteiger partial charge < -0.3 is 9.52 Å². The van der Waals surface area contributed by atoms with Crippen molar-refractivity contribution >= 4 is 5.97 Å². The zero-order valence-electron chi connectivity index (χ0n) is 9.69. The highest BCUT2D eigenvalue weighted by Gasteiger charge is 2.25. The van der Waals surface area contributed by atoms with E-state index in [-0.39, 0.29) is 12.3 Å². The average molecular weight is 223 g/mol. The van der Waals surface area contributed by atoms with Gasteiger partial charge in [-0.2, -0.15) is 0 Å². The summed E-state index contributed by atoms with van der Waals surface area (Å²) in [4.78, 5) is 15.1. The number of carboxylic acids is 1. The summed E-state index contributed by atoms with van der Waals surface area (Å²) in [6, 6.07) is 0. The van der Waals surface area contributed by atoms with E-state index < -0.39 is 5.97 Å². The van der Waals surface area contributed by atoms with Crippen molar-refractivity contribution in [1.29, 1.82) is 0 Å². The summed E-state index contributed by atoms with van der Waals surface area (Å²) < 4.78 is 5.66. The topological polar surface area (TPSA) is 63.3 Å². The average Bonchev–Trinajstić information content (AvgIpc) is 2.59. The van der Waals surface area contributed by atoms with Crippen molar-refractivity contribution in [2.75, 3.05) is 0 Å². The number of aliphatic carboxylic acids is 1. The lowest BCUT2D eigenvalue weighted by molar-refractivity contribution is -0.138. The summed E-state index contributed by atoms with van der Waals surface area (Å²) in [5, 5.41) is 8.76. The van der Waals surface area contributed by atoms with E-state index in [0.29, 0.717) is 5.92 Å². The molecule has 0 bridgehead atoms. The van der Waals surface area contributed by atoms with E-state index in [2.05, 4.69) is 4.98 Å². The Morgan fingerprint density at radius 2 is 2.38 bits per heavy atom. The zero-order valence-corrected chi connectivity index (χ0v) is 9.69. The third-order valence-electron chi connectivity index (χ3n) is 3.01. The number of nitrogens with zero attached hydrogens (tertiary/aromatic N) is 1. The van der Waals surface area contributed by atoms with Crippen LogP contribution in [0.1, 0.15) is 50.0 Å². The maximum Gasteiger partial charge on any atom is 0.303 e. The Bertz CT molecular complexity index is 395. The van der Waals surface area contributed by atoms with Crippen LogP contribution in [-0.2, 0) is 17.6 Å². The summed E-state index contributed by atoms with van der Waals surface area (Å²) in [5.41, 5.74) is 0.973. The SMILES string of the molecule is CC(C)c1nc2c(o1)CCC(CC(=O)O)C2. The van der Waals surface area contributed by atoms with Gasteiger partial charge >= 0.3 is 5.97 Å². The highest BCUT2D eigenvalue weighted by atomic mass is 16.4. The summed E-state index contributed by atoms with van der Waals surface area (Å²) in [5.74, 6) is 1.53. The number of hydrogen-bond donors (Lipinski definition) is 1. The minimum atomic E-state index is -0.721. The van der Waals surface area contributed by atoms with Gasteiger partial charge in [0.05, 0.1) is 5.69 Å². The molecule has 1 unspecified atom stereocenters. The smallest absolute Gasteiger partial charge is 0.303 e. The second-order valence-electron chi connectivity index (χ2n) is 4.78. The molecule has 1 heterocycles. The molecule has 0 spiro atoms. The molecule has 4 heteroatoms. The summed E-state index contributed by atoms with van der Waals surface area (Å²) >= 11 is 0. The summed E-state index contributed by atoms with van der Waals surface area (Å²) in [6.45, 7) is 4.10. The number of aryl methyl sites for hydroxylation is 1. The van der Waals surface area contributed by atoms with Gasteiger partial charge in [-0.1, -0.05) is 13.8 Å². The standard InChI is InChI=1S/C12H17NO3/c1-7(2)12-13-9-5-8(6-11(14)15)3-4-10(9)16-12/h7-8H,3-6H2,1-2H3,(H,14,15). The van der Waals surface area contributed by atoms with Crippen molar-refractivity contribution in [3.8, 4) is 0 Å². The van der Waals surface area contributed by atoms with Crippen molar-refractivity contribution < 1.29 is 14.3 Å². The Morgan fingerprint density at radius 3 is 3.00 bits per heavy atom. The van der Waals surface area contributed by atoms with Gasteiger partial charge in [0.25, 0.3) is 0 Å². The molecule has 16 heavy (non-hydrogen) atoms. The Hall–Kier alpha value is -1.32. The van der Waals surface area contributed by atoms with Crippen molar-refractivity contribution in [2.45, 2.75) is 45.4 Å². The van der Waals surface area contributed by atoms with Gasteiger partial charge in [-0.05, 0) is 18.8 Å². The third-order valence-corrected chi connectivity index (χ3v) is 3.01. The fourth-order valence-corrected chi connectivity index (χ4v) is 2.14. The first kappa shape index (κ1) is 11.2. The van der Waals surface area contributed by atoms with E-state index >= 15 is 0 Å². The van der Waals surface area contributed by atoms with Crippen LogP contribution in [0.2, 0.25) is 0 Å². The minimum Gasteiger partial charge on any atom is -0.481 e. The molecule has 0 saturated carbocycles. The van der Waals surface area contributed by atoms with Gasteiger partial charge in [0.2, 0.25) is 0 Å². The van der Waals surface area contributed by atoms with Crippen LogP contribution in [0.3, 0.4) is 0 Å². The van der Waals surface area contributed by atoms with Crippen molar-refractivity contribution in [2.24, 2.45) is 5.92 Å². The van der Waals surface area contributed by atoms with E-state index in [1.165, 1.54) is 0 Å². The molecule has 1 aliphatic carbocycles. The molecule has 1 N–H and O–H groups in total. The fraction of sp³-hybridized carbons (Fsp3) is 0.667. The predicted molar refractivity (Wildman–Crippen MR) is 58.4 cm³/mol. The zero-order chi connectivity index (χ0) is 11.7. The number of fused-ring (bicyclic) bond motifs is 1. The number of carboxylic acid groups (broad SMARTS) is 1. The van der Waals surface area contributed by atoms with Crippen LogP contribution in [0.25, 0.3) is 0 Å². The third kappa shape index (κ3) is 2.26. The highest BCUT2D eigenvalue weighted by Crippen LogP contribution is 2.29. The normalized spacial score (nSPS) is 19.8. The molecular weight excluding hydrogens is 206 g/mol. The van der Waals surface area contributed by atoms with Crippen molar-refractivity contribution in [3.05, 3.63) is 17.3 Å². The van der Waals surface area contributed by atoms with Crippen LogP contribution in [-0.4, -0.2) is 16.1 Å². The lowest BCUT2D eigenvalue weighted by atomic mass is 9.88. The van der Waals surface area contributed by atoms with E-state index in [1.807, 2.05) is 13.8 Å². The predicted octanol–water partition coefficient (Wildman–Crippen LogP) is 2.38. The molecule has 0 fully saturated rings. The Kier molecular flexibility index (Phi) is 2.99. The van der Waals surface area contributed by atoms with Crippen LogP contribution in [0, 0.1) is 5.92 Å². The molecule has 4 nitrogen and oxygen atoms in total. The molecule has 1 aliphatic rings. The highest BCUT2D eigenvalue weighted by molar-refractivity contribution is 5.67. The molecule has 1 atom stereocenters. The van der Waals surface area contributed by atoms with Crippen LogP contribution in [0.15, 0.2) is 4.42 Å². The lowest BCUT2D eigenvalue weighted by Gasteiger charge is -2.17. The first-order chi connectivity index (χ1) is 7.56. The number of aromatic nitrogens is 1. The van der Waals surface area contributed by atoms with Gasteiger partial charge in [-0.15, -0.1) is 0 Å². The minimum absolute atomic E-state index is 0.218. The Balaban J connectivity index is 2.11. The largest absolute Gasteiger partial charge is 0.481 e. The quantitative estimate of drug-likeness (QED) is 0.854. The van der Waals surface area contributed by atoms with E-state index in [9.17, 15) is 4.79 Å². The van der Waals surface area contributed by atoms with Crippen LogP contribution in [0.4, 0.5) is 0 Å². The molecule has 0 amide bonds. The number of oxazole rings is 1. The molecule has 0 aromatic carbocycles. The Labute approximate surface area is 94.7 Å². The molecule has 0 radical (unpaired) electrons. The van der Waals surface area contributed by atoms with Crippen molar-refractivity contribution in [3.63, 3.8) is 0 Å². The molecule has 0 saturated heterocycles. The van der Waals surface area contributed by atoms with E-state index in [4.69, 9.17) is 9.52 Å². The second-order valence-corrected chi connectivity index (χ2v) is 4.78. The number of hydrogen-bond acceptors (Lipinski definition) is 3. The van der Waals surface area contributed by atoms with Crippen LogP contribution < -0.4 is 0 Å². The maximum atomic E-state index is 10.6. The van der Waals surface area contributed by atoms with Gasteiger partial charge in [0, 0.05) is 18.8 Å². The molecule has 1 aromatic rings. The summed E-state index contributed by atoms with van der Waals surface area (Å²) in [6.07, 6.45) is 2.71. The summed E-state index contributed by atoms with van der Waals surface area (Å²) in [7, 11) is 0. The van der Waals surface area contributed by atoms with Crippen LogP contribution >= 0.6 is 0 Å². The first-order valence-corrected chi connectivity index (χ1v) is 5.76. The molecule has 2 rings (SSSR count). The second kappa shape index (κ2) is 4.28. The van der Waals surface area contributed by atoms with E-state index in [0.717, 1.165) is 36.6 Å². The van der Waals surface area contributed by atoms with Gasteiger partial charge in [0.15, 0.2) is 5.89 Å². The maximum absolute atomic E-state index is 10.6. The molecule has 0 aliphatic heterocycles. The van der Waals surface area contributed by atoms with Gasteiger partial charge in [0.1, 0.15) is 5.76 Å². The Morgan fingerprint density at radius 1 is 1.62 bits per heavy atom. The first-order valence-electron chi connectivity index (χ1n) is 5.76. The van der Waals surface area contributed by atoms with E-state index in [1.54, 1.807) is 0 Å². The monoisotopic (exact) mass is 223 g/mol. The van der Waals surface area contributed by atoms with Gasteiger partial charge in [-0.3, -0.25) is 4.79 Å². The van der Waals surface area contributed by atoms with Crippen molar-refractivity contribution in [1.82, 2.24) is 4.98 Å². The fourth-order valence-electron chi connectivity index (χ4n) is 2.14.